The van der Waals surface area contributed by atoms with Gasteiger partial charge in [0.25, 0.3) is 5.91 Å². The summed E-state index contributed by atoms with van der Waals surface area (Å²) in [4.78, 5) is 35.3. The van der Waals surface area contributed by atoms with Gasteiger partial charge in [-0.05, 0) is 86.5 Å². The van der Waals surface area contributed by atoms with Crippen LogP contribution >= 0.6 is 0 Å². The molecule has 0 radical (unpaired) electrons. The van der Waals surface area contributed by atoms with Gasteiger partial charge in [0.15, 0.2) is 11.6 Å². The van der Waals surface area contributed by atoms with Crippen molar-refractivity contribution in [1.29, 1.82) is 0 Å². The van der Waals surface area contributed by atoms with Crippen molar-refractivity contribution < 1.29 is 28.9 Å². The number of rotatable bonds is 16. The number of hydrogen-bond acceptors (Lipinski definition) is 8. The fourth-order valence-electron chi connectivity index (χ4n) is 5.37. The van der Waals surface area contributed by atoms with Crippen molar-refractivity contribution in [3.8, 4) is 5.75 Å². The molecule has 0 saturated carbocycles. The zero-order valence-electron chi connectivity index (χ0n) is 27.2. The van der Waals surface area contributed by atoms with Gasteiger partial charge in [0.2, 0.25) is 5.90 Å². The van der Waals surface area contributed by atoms with Crippen LogP contribution in [0.1, 0.15) is 74.8 Å². The lowest BCUT2D eigenvalue weighted by molar-refractivity contribution is -0.155. The molecule has 11 nitrogen and oxygen atoms in total. The summed E-state index contributed by atoms with van der Waals surface area (Å²) in [6.45, 7) is 6.21. The number of ether oxygens (including phenoxy) is 3. The van der Waals surface area contributed by atoms with Crippen molar-refractivity contribution in [2.45, 2.75) is 76.7 Å². The molecule has 1 aliphatic rings. The number of carbonyl (C=O) groups excluding carboxylic acids is 2. The second kappa shape index (κ2) is 16.6. The highest BCUT2D eigenvalue weighted by molar-refractivity contribution is 6.01. The van der Waals surface area contributed by atoms with Gasteiger partial charge in [0, 0.05) is 36.5 Å². The van der Waals surface area contributed by atoms with E-state index >= 15 is 0 Å². The van der Waals surface area contributed by atoms with Crippen LogP contribution in [-0.2, 0) is 32.0 Å². The van der Waals surface area contributed by atoms with Crippen molar-refractivity contribution in [1.82, 2.24) is 5.32 Å². The molecule has 2 N–H and O–H groups in total. The summed E-state index contributed by atoms with van der Waals surface area (Å²) in [5.74, 6) is 0.0167. The minimum Gasteiger partial charge on any atom is -0.494 e. The van der Waals surface area contributed by atoms with E-state index in [1.54, 1.807) is 45.0 Å². The number of aliphatic imine (C=N–C) groups is 1. The maximum atomic E-state index is 14.4. The first-order chi connectivity index (χ1) is 22.6. The fourth-order valence-corrected chi connectivity index (χ4v) is 5.37. The number of aliphatic hydroxyl groups excluding tert-OH is 1. The zero-order chi connectivity index (χ0) is 33.7. The van der Waals surface area contributed by atoms with E-state index in [4.69, 9.17) is 29.8 Å². The predicted molar refractivity (Wildman–Crippen MR) is 179 cm³/mol. The second-order valence-corrected chi connectivity index (χ2v) is 12.3. The maximum absolute atomic E-state index is 14.4. The SMILES string of the molecule is CC(C)(C)OC(=O)CC[C@@]1(C(=O)NCCCc2ccccc2)N=C(c2ccc(OCCCO)cc2)O[C@@H]1c1ccccc1CN=[N+]=[N-]. The molecule has 3 aromatic rings. The molecule has 1 amide bonds. The molecule has 0 bridgehead atoms. The van der Waals surface area contributed by atoms with E-state index in [9.17, 15) is 9.59 Å². The van der Waals surface area contributed by atoms with E-state index in [0.717, 1.165) is 6.42 Å². The molecule has 0 saturated heterocycles. The first kappa shape index (κ1) is 35.0. The molecule has 1 aliphatic heterocycles. The van der Waals surface area contributed by atoms with E-state index in [0.29, 0.717) is 48.4 Å². The molecule has 0 spiro atoms. The zero-order valence-corrected chi connectivity index (χ0v) is 27.2. The Morgan fingerprint density at radius 1 is 1.04 bits per heavy atom. The van der Waals surface area contributed by atoms with E-state index in [1.807, 2.05) is 54.6 Å². The van der Waals surface area contributed by atoms with Crippen LogP contribution < -0.4 is 10.1 Å². The summed E-state index contributed by atoms with van der Waals surface area (Å²) in [6, 6.07) is 24.4. The Morgan fingerprint density at radius 3 is 2.47 bits per heavy atom. The molecule has 11 heteroatoms. The van der Waals surface area contributed by atoms with Crippen molar-refractivity contribution in [3.63, 3.8) is 0 Å². The molecule has 47 heavy (non-hydrogen) atoms. The summed E-state index contributed by atoms with van der Waals surface area (Å²) in [7, 11) is 0. The second-order valence-electron chi connectivity index (χ2n) is 12.3. The number of azide groups is 1. The van der Waals surface area contributed by atoms with E-state index in [2.05, 4.69) is 15.3 Å². The lowest BCUT2D eigenvalue weighted by Crippen LogP contribution is -2.49. The van der Waals surface area contributed by atoms with E-state index in [1.165, 1.54) is 5.56 Å². The molecule has 3 aromatic carbocycles. The number of hydrogen-bond donors (Lipinski definition) is 2. The van der Waals surface area contributed by atoms with Gasteiger partial charge in [-0.1, -0.05) is 59.7 Å². The maximum Gasteiger partial charge on any atom is 0.306 e. The van der Waals surface area contributed by atoms with Crippen LogP contribution in [0.25, 0.3) is 10.4 Å². The number of carbonyl (C=O) groups is 2. The first-order valence-electron chi connectivity index (χ1n) is 15.9. The van der Waals surface area contributed by atoms with Crippen LogP contribution in [0, 0.1) is 0 Å². The first-order valence-corrected chi connectivity index (χ1v) is 15.9. The largest absolute Gasteiger partial charge is 0.494 e. The quantitative estimate of drug-likeness (QED) is 0.0607. The van der Waals surface area contributed by atoms with Gasteiger partial charge in [-0.15, -0.1) is 0 Å². The van der Waals surface area contributed by atoms with Crippen molar-refractivity contribution >= 4 is 17.8 Å². The predicted octanol–water partition coefficient (Wildman–Crippen LogP) is 6.39. The van der Waals surface area contributed by atoms with Crippen molar-refractivity contribution in [2.75, 3.05) is 19.8 Å². The third-order valence-electron chi connectivity index (χ3n) is 7.57. The van der Waals surface area contributed by atoms with Gasteiger partial charge in [-0.3, -0.25) is 9.59 Å². The molecule has 0 aliphatic carbocycles. The molecule has 0 fully saturated rings. The third kappa shape index (κ3) is 9.81. The van der Waals surface area contributed by atoms with Crippen molar-refractivity contribution in [3.05, 3.63) is 112 Å². The van der Waals surface area contributed by atoms with E-state index < -0.39 is 23.2 Å². The number of esters is 1. The Morgan fingerprint density at radius 2 is 1.77 bits per heavy atom. The van der Waals surface area contributed by atoms with Crippen molar-refractivity contribution in [2.24, 2.45) is 10.1 Å². The number of nitrogens with one attached hydrogen (secondary N) is 1. The lowest BCUT2D eigenvalue weighted by Gasteiger charge is -2.32. The summed E-state index contributed by atoms with van der Waals surface area (Å²) >= 11 is 0. The number of benzene rings is 3. The van der Waals surface area contributed by atoms with Crippen LogP contribution in [0.3, 0.4) is 0 Å². The molecular weight excluding hydrogens is 598 g/mol. The Hall–Kier alpha value is -4.86. The van der Waals surface area contributed by atoms with E-state index in [-0.39, 0.29) is 37.8 Å². The van der Waals surface area contributed by atoms with Gasteiger partial charge >= 0.3 is 5.97 Å². The molecular formula is C36H43N5O6. The van der Waals surface area contributed by atoms with Crippen LogP contribution in [0.4, 0.5) is 0 Å². The Kier molecular flexibility index (Phi) is 12.4. The third-order valence-corrected chi connectivity index (χ3v) is 7.57. The topological polar surface area (TPSA) is 155 Å². The van der Waals surface area contributed by atoms with Crippen LogP contribution in [-0.4, -0.2) is 53.8 Å². The monoisotopic (exact) mass is 641 g/mol. The summed E-state index contributed by atoms with van der Waals surface area (Å²) in [6.07, 6.45) is 0.989. The van der Waals surface area contributed by atoms with Gasteiger partial charge in [-0.25, -0.2) is 4.99 Å². The highest BCUT2D eigenvalue weighted by Gasteiger charge is 2.53. The number of amides is 1. The summed E-state index contributed by atoms with van der Waals surface area (Å²) in [5, 5.41) is 15.9. The average molecular weight is 642 g/mol. The van der Waals surface area contributed by atoms with Crippen LogP contribution in [0.15, 0.2) is 89.0 Å². The summed E-state index contributed by atoms with van der Waals surface area (Å²) in [5.41, 5.74) is 9.92. The Labute approximate surface area is 275 Å². The smallest absolute Gasteiger partial charge is 0.306 e. The van der Waals surface area contributed by atoms with Gasteiger partial charge in [0.05, 0.1) is 13.2 Å². The molecule has 2 atom stereocenters. The molecule has 248 valence electrons. The van der Waals surface area contributed by atoms with Gasteiger partial charge in [-0.2, -0.15) is 0 Å². The highest BCUT2D eigenvalue weighted by atomic mass is 16.6. The Balaban J connectivity index is 1.71. The molecule has 1 heterocycles. The molecule has 4 rings (SSSR count). The van der Waals surface area contributed by atoms with Gasteiger partial charge < -0.3 is 24.6 Å². The standard InChI is InChI=1S/C36H43N5O6/c1-35(2,3)47-31(43)20-21-36(34(44)38-22-9-13-26-11-5-4-6-12-26)32(30-15-8-7-14-28(30)25-39-41-37)46-33(40-36)27-16-18-29(19-17-27)45-24-10-23-42/h4-8,11-12,14-19,32,42H,9-10,13,20-25H2,1-3H3,(H,38,44)/t32-,36-/m1/s1. The number of nitrogens with zero attached hydrogens (tertiary/aromatic N) is 4. The Bertz CT molecular complexity index is 1560. The summed E-state index contributed by atoms with van der Waals surface area (Å²) < 4.78 is 17.9. The molecule has 0 unspecified atom stereocenters. The lowest BCUT2D eigenvalue weighted by atomic mass is 9.81. The average Bonchev–Trinajstić information content (AvgIpc) is 3.46. The fraction of sp³-hybridized carbons (Fsp3) is 0.417. The normalized spacial score (nSPS) is 17.2. The van der Waals surface area contributed by atoms with Gasteiger partial charge in [0.1, 0.15) is 11.4 Å². The number of aryl methyl sites for hydroxylation is 1. The minimum atomic E-state index is -1.54. The molecule has 0 aromatic heterocycles. The van der Waals surface area contributed by atoms with Crippen LogP contribution in [0.2, 0.25) is 0 Å². The minimum absolute atomic E-state index is 0.0127. The number of aliphatic hydroxyl groups is 1. The van der Waals surface area contributed by atoms with Crippen LogP contribution in [0.5, 0.6) is 5.75 Å². The highest BCUT2D eigenvalue weighted by Crippen LogP contribution is 2.44.